The molecule has 0 aromatic heterocycles. The fraction of sp³-hybridized carbons (Fsp3) is 0.364. The monoisotopic (exact) mass is 332 g/mol. The number of halogens is 1. The van der Waals surface area contributed by atoms with Gasteiger partial charge in [-0.1, -0.05) is 15.9 Å². The molecule has 0 bridgehead atoms. The van der Waals surface area contributed by atoms with Crippen LogP contribution in [0.2, 0.25) is 0 Å². The summed E-state index contributed by atoms with van der Waals surface area (Å²) in [5, 5.41) is 19.5. The van der Waals surface area contributed by atoms with Crippen molar-refractivity contribution in [1.29, 1.82) is 0 Å². The van der Waals surface area contributed by atoms with E-state index >= 15 is 0 Å². The van der Waals surface area contributed by atoms with Gasteiger partial charge in [0.25, 0.3) is 0 Å². The lowest BCUT2D eigenvalue weighted by Crippen LogP contribution is -2.31. The number of hydrogen-bond acceptors (Lipinski definition) is 5. The lowest BCUT2D eigenvalue weighted by molar-refractivity contribution is -0.386. The number of nitro benzene ring substituents is 1. The molecule has 0 heterocycles. The first-order chi connectivity index (χ1) is 8.82. The van der Waals surface area contributed by atoms with E-state index in [1.807, 2.05) is 0 Å². The summed E-state index contributed by atoms with van der Waals surface area (Å²) in [4.78, 5) is 20.9. The summed E-state index contributed by atoms with van der Waals surface area (Å²) in [5.74, 6) is -1.00. The minimum absolute atomic E-state index is 0.00320. The van der Waals surface area contributed by atoms with Gasteiger partial charge in [-0.25, -0.2) is 0 Å². The summed E-state index contributed by atoms with van der Waals surface area (Å²) in [6, 6.07) is 1.97. The molecule has 0 fully saturated rings. The van der Waals surface area contributed by atoms with Gasteiger partial charge in [-0.2, -0.15) is 0 Å². The average Bonchev–Trinajstić information content (AvgIpc) is 2.30. The number of nitrogens with two attached hydrogens (primary N) is 1. The maximum absolute atomic E-state index is 10.9. The highest BCUT2D eigenvalue weighted by atomic mass is 79.9. The van der Waals surface area contributed by atoms with E-state index in [4.69, 9.17) is 15.6 Å². The number of rotatable bonds is 6. The minimum Gasteiger partial charge on any atom is -0.487 e. The summed E-state index contributed by atoms with van der Waals surface area (Å²) in [5.41, 5.74) is 5.74. The number of carboxylic acid groups (broad SMARTS) is 1. The number of hydrogen-bond donors (Lipinski definition) is 2. The SMILES string of the molecule is Cc1cc(Br)cc([N+](=O)[O-])c1OCCC(N)C(=O)O. The first-order valence-corrected chi connectivity index (χ1v) is 6.18. The zero-order valence-electron chi connectivity index (χ0n) is 10.1. The van der Waals surface area contributed by atoms with Gasteiger partial charge in [0, 0.05) is 17.0 Å². The van der Waals surface area contributed by atoms with E-state index in [9.17, 15) is 14.9 Å². The first-order valence-electron chi connectivity index (χ1n) is 5.38. The molecule has 19 heavy (non-hydrogen) atoms. The van der Waals surface area contributed by atoms with Gasteiger partial charge in [0.2, 0.25) is 0 Å². The van der Waals surface area contributed by atoms with E-state index in [2.05, 4.69) is 15.9 Å². The predicted molar refractivity (Wildman–Crippen MR) is 71.3 cm³/mol. The van der Waals surface area contributed by atoms with Crippen LogP contribution in [0.1, 0.15) is 12.0 Å². The standard InChI is InChI=1S/C11H13BrN2O5/c1-6-4-7(12)5-9(14(17)18)10(6)19-3-2-8(13)11(15)16/h4-5,8H,2-3,13H2,1H3,(H,15,16). The summed E-state index contributed by atoms with van der Waals surface area (Å²) >= 11 is 3.17. The van der Waals surface area contributed by atoms with Gasteiger partial charge in [0.1, 0.15) is 6.04 Å². The Hall–Kier alpha value is -1.67. The highest BCUT2D eigenvalue weighted by molar-refractivity contribution is 9.10. The number of ether oxygens (including phenoxy) is 1. The van der Waals surface area contributed by atoms with Crippen LogP contribution < -0.4 is 10.5 Å². The van der Waals surface area contributed by atoms with Crippen molar-refractivity contribution < 1.29 is 19.6 Å². The fourth-order valence-corrected chi connectivity index (χ4v) is 2.01. The fourth-order valence-electron chi connectivity index (χ4n) is 1.45. The number of benzene rings is 1. The molecule has 8 heteroatoms. The molecule has 0 aliphatic heterocycles. The molecule has 104 valence electrons. The second-order valence-corrected chi connectivity index (χ2v) is 4.83. The van der Waals surface area contributed by atoms with Gasteiger partial charge in [-0.05, 0) is 18.6 Å². The molecule has 0 radical (unpaired) electrons. The Morgan fingerprint density at radius 3 is 2.79 bits per heavy atom. The van der Waals surface area contributed by atoms with Gasteiger partial charge in [-0.3, -0.25) is 14.9 Å². The van der Waals surface area contributed by atoms with Gasteiger partial charge in [0.05, 0.1) is 11.5 Å². The molecule has 0 spiro atoms. The van der Waals surface area contributed by atoms with Crippen molar-refractivity contribution >= 4 is 27.6 Å². The number of carbonyl (C=O) groups is 1. The van der Waals surface area contributed by atoms with Crippen LogP contribution >= 0.6 is 15.9 Å². The van der Waals surface area contributed by atoms with Gasteiger partial charge in [-0.15, -0.1) is 0 Å². The summed E-state index contributed by atoms with van der Waals surface area (Å²) < 4.78 is 5.87. The second kappa shape index (κ2) is 6.48. The van der Waals surface area contributed by atoms with E-state index in [0.717, 1.165) is 0 Å². The zero-order valence-corrected chi connectivity index (χ0v) is 11.7. The third-order valence-electron chi connectivity index (χ3n) is 2.41. The molecular formula is C11H13BrN2O5. The van der Waals surface area contributed by atoms with Crippen LogP contribution in [0.4, 0.5) is 5.69 Å². The van der Waals surface area contributed by atoms with Crippen LogP contribution in [0.25, 0.3) is 0 Å². The van der Waals surface area contributed by atoms with Crippen LogP contribution in [0.15, 0.2) is 16.6 Å². The molecule has 1 rings (SSSR count). The molecule has 3 N–H and O–H groups in total. The molecule has 0 saturated carbocycles. The number of aryl methyl sites for hydroxylation is 1. The van der Waals surface area contributed by atoms with Crippen molar-refractivity contribution in [3.8, 4) is 5.75 Å². The molecule has 0 saturated heterocycles. The molecule has 0 aliphatic carbocycles. The quantitative estimate of drug-likeness (QED) is 0.606. The van der Waals surface area contributed by atoms with Crippen molar-refractivity contribution in [2.45, 2.75) is 19.4 Å². The van der Waals surface area contributed by atoms with Crippen molar-refractivity contribution in [3.05, 3.63) is 32.3 Å². The number of nitro groups is 1. The normalized spacial score (nSPS) is 11.9. The van der Waals surface area contributed by atoms with Crippen LogP contribution in [-0.2, 0) is 4.79 Å². The van der Waals surface area contributed by atoms with E-state index in [1.54, 1.807) is 13.0 Å². The predicted octanol–water partition coefficient (Wildman–Crippen LogP) is 1.85. The second-order valence-electron chi connectivity index (χ2n) is 3.91. The van der Waals surface area contributed by atoms with Crippen molar-refractivity contribution in [1.82, 2.24) is 0 Å². The Balaban J connectivity index is 2.83. The lowest BCUT2D eigenvalue weighted by Gasteiger charge is -2.11. The summed E-state index contributed by atoms with van der Waals surface area (Å²) in [6.07, 6.45) is 0.0714. The third-order valence-corrected chi connectivity index (χ3v) is 2.87. The van der Waals surface area contributed by atoms with Crippen LogP contribution in [0.5, 0.6) is 5.75 Å². The molecule has 1 atom stereocenters. The average molecular weight is 333 g/mol. The number of carboxylic acids is 1. The Labute approximate surface area is 117 Å². The van der Waals surface area contributed by atoms with E-state index in [-0.39, 0.29) is 24.5 Å². The van der Waals surface area contributed by atoms with Gasteiger partial charge in [0.15, 0.2) is 5.75 Å². The number of aliphatic carboxylic acids is 1. The molecule has 1 unspecified atom stereocenters. The molecular weight excluding hydrogens is 320 g/mol. The van der Waals surface area contributed by atoms with Crippen molar-refractivity contribution in [2.24, 2.45) is 5.73 Å². The van der Waals surface area contributed by atoms with Crippen LogP contribution in [0.3, 0.4) is 0 Å². The van der Waals surface area contributed by atoms with Gasteiger partial charge >= 0.3 is 11.7 Å². The first kappa shape index (κ1) is 15.4. The lowest BCUT2D eigenvalue weighted by atomic mass is 10.2. The summed E-state index contributed by atoms with van der Waals surface area (Å²) in [7, 11) is 0. The van der Waals surface area contributed by atoms with E-state index < -0.39 is 16.9 Å². The van der Waals surface area contributed by atoms with Crippen molar-refractivity contribution in [2.75, 3.05) is 6.61 Å². The molecule has 7 nitrogen and oxygen atoms in total. The highest BCUT2D eigenvalue weighted by Crippen LogP contribution is 2.34. The van der Waals surface area contributed by atoms with Crippen molar-refractivity contribution in [3.63, 3.8) is 0 Å². The molecule has 0 aliphatic rings. The largest absolute Gasteiger partial charge is 0.487 e. The Morgan fingerprint density at radius 1 is 1.63 bits per heavy atom. The smallest absolute Gasteiger partial charge is 0.320 e. The Kier molecular flexibility index (Phi) is 5.25. The maximum Gasteiger partial charge on any atom is 0.320 e. The maximum atomic E-state index is 10.9. The van der Waals surface area contributed by atoms with Crippen LogP contribution in [0, 0.1) is 17.0 Å². The summed E-state index contributed by atoms with van der Waals surface area (Å²) in [6.45, 7) is 1.67. The van der Waals surface area contributed by atoms with Gasteiger partial charge < -0.3 is 15.6 Å². The highest BCUT2D eigenvalue weighted by Gasteiger charge is 2.19. The molecule has 1 aromatic rings. The Bertz CT molecular complexity index is 506. The number of nitrogens with zero attached hydrogens (tertiary/aromatic N) is 1. The van der Waals surface area contributed by atoms with E-state index in [0.29, 0.717) is 10.0 Å². The molecule has 0 amide bonds. The van der Waals surface area contributed by atoms with E-state index in [1.165, 1.54) is 6.07 Å². The third kappa shape index (κ3) is 4.18. The Morgan fingerprint density at radius 2 is 2.26 bits per heavy atom. The topological polar surface area (TPSA) is 116 Å². The zero-order chi connectivity index (χ0) is 14.6. The van der Waals surface area contributed by atoms with Crippen LogP contribution in [-0.4, -0.2) is 28.6 Å². The minimum atomic E-state index is -1.13. The molecule has 1 aromatic carbocycles.